The maximum absolute atomic E-state index is 12.5. The Morgan fingerprint density at radius 3 is 2.00 bits per heavy atom. The van der Waals surface area contributed by atoms with Gasteiger partial charge in [-0.3, -0.25) is 4.79 Å². The first-order valence-corrected chi connectivity index (χ1v) is 8.12. The summed E-state index contributed by atoms with van der Waals surface area (Å²) in [4.78, 5) is 12.5. The third-order valence-corrected chi connectivity index (χ3v) is 4.82. The highest BCUT2D eigenvalue weighted by atomic mass is 16.2. The summed E-state index contributed by atoms with van der Waals surface area (Å²) in [7, 11) is 0. The molecule has 0 aliphatic heterocycles. The van der Waals surface area contributed by atoms with E-state index >= 15 is 0 Å². The van der Waals surface area contributed by atoms with Gasteiger partial charge in [-0.2, -0.15) is 5.26 Å². The lowest BCUT2D eigenvalue weighted by Gasteiger charge is -2.28. The van der Waals surface area contributed by atoms with Crippen LogP contribution in [0.5, 0.6) is 0 Å². The first-order chi connectivity index (χ1) is 9.43. The Morgan fingerprint density at radius 2 is 1.60 bits per heavy atom. The van der Waals surface area contributed by atoms with Gasteiger partial charge in [0.1, 0.15) is 5.41 Å². The highest BCUT2D eigenvalue weighted by Gasteiger charge is 2.39. The number of carbonyl (C=O) groups excluding carboxylic acids is 1. The Labute approximate surface area is 124 Å². The van der Waals surface area contributed by atoms with Gasteiger partial charge in [-0.05, 0) is 30.6 Å². The summed E-state index contributed by atoms with van der Waals surface area (Å²) in [5.41, 5.74) is -0.769. The minimum absolute atomic E-state index is 0.0341. The molecular weight excluding hydrogens is 248 g/mol. The zero-order valence-corrected chi connectivity index (χ0v) is 13.5. The van der Waals surface area contributed by atoms with Gasteiger partial charge < -0.3 is 5.32 Å². The van der Waals surface area contributed by atoms with Crippen molar-refractivity contribution in [3.8, 4) is 6.07 Å². The lowest BCUT2D eigenvalue weighted by atomic mass is 9.80. The van der Waals surface area contributed by atoms with Crippen LogP contribution >= 0.6 is 0 Å². The van der Waals surface area contributed by atoms with E-state index in [9.17, 15) is 10.1 Å². The predicted molar refractivity (Wildman–Crippen MR) is 81.9 cm³/mol. The Bertz CT molecular complexity index is 338. The minimum atomic E-state index is -0.769. The summed E-state index contributed by atoms with van der Waals surface area (Å²) in [6.45, 7) is 9.48. The van der Waals surface area contributed by atoms with Crippen LogP contribution in [0, 0.1) is 34.5 Å². The molecule has 1 aliphatic carbocycles. The molecule has 1 aliphatic rings. The maximum Gasteiger partial charge on any atom is 0.240 e. The number of nitrogens with one attached hydrogen (secondary N) is 1. The zero-order valence-electron chi connectivity index (χ0n) is 13.5. The summed E-state index contributed by atoms with van der Waals surface area (Å²) in [5, 5.41) is 12.6. The first kappa shape index (κ1) is 17.0. The predicted octanol–water partition coefficient (Wildman–Crippen LogP) is 3.89. The van der Waals surface area contributed by atoms with E-state index in [0.29, 0.717) is 24.3 Å². The van der Waals surface area contributed by atoms with Crippen molar-refractivity contribution in [1.29, 1.82) is 5.26 Å². The highest BCUT2D eigenvalue weighted by Crippen LogP contribution is 2.34. The van der Waals surface area contributed by atoms with Crippen molar-refractivity contribution in [3.05, 3.63) is 0 Å². The monoisotopic (exact) mass is 278 g/mol. The number of hydrogen-bond acceptors (Lipinski definition) is 2. The van der Waals surface area contributed by atoms with Gasteiger partial charge in [0.15, 0.2) is 0 Å². The standard InChI is InChI=1S/C17H30N2O/c1-13(2)15(14(3)4)11-19-16(20)17(12-18)9-7-5-6-8-10-17/h13-15H,5-11H2,1-4H3,(H,19,20). The number of nitriles is 1. The van der Waals surface area contributed by atoms with Crippen molar-refractivity contribution >= 4 is 5.91 Å². The zero-order chi connectivity index (χ0) is 15.2. The van der Waals surface area contributed by atoms with E-state index in [4.69, 9.17) is 0 Å². The van der Waals surface area contributed by atoms with Crippen LogP contribution in [0.4, 0.5) is 0 Å². The van der Waals surface area contributed by atoms with Crippen molar-refractivity contribution in [2.24, 2.45) is 23.2 Å². The van der Waals surface area contributed by atoms with Crippen molar-refractivity contribution < 1.29 is 4.79 Å². The van der Waals surface area contributed by atoms with Crippen LogP contribution in [0.2, 0.25) is 0 Å². The molecule has 3 heteroatoms. The Balaban J connectivity index is 2.66. The molecule has 0 bridgehead atoms. The first-order valence-electron chi connectivity index (χ1n) is 8.12. The Hall–Kier alpha value is -1.04. The van der Waals surface area contributed by atoms with E-state index in [0.717, 1.165) is 38.5 Å². The van der Waals surface area contributed by atoms with Crippen LogP contribution in [0.25, 0.3) is 0 Å². The SMILES string of the molecule is CC(C)C(CNC(=O)C1(C#N)CCCCCC1)C(C)C. The molecule has 114 valence electrons. The second-order valence-corrected chi connectivity index (χ2v) is 6.97. The van der Waals surface area contributed by atoms with Crippen molar-refractivity contribution in [3.63, 3.8) is 0 Å². The van der Waals surface area contributed by atoms with Crippen LogP contribution in [-0.4, -0.2) is 12.5 Å². The fraction of sp³-hybridized carbons (Fsp3) is 0.882. The molecule has 0 radical (unpaired) electrons. The van der Waals surface area contributed by atoms with E-state index < -0.39 is 5.41 Å². The highest BCUT2D eigenvalue weighted by molar-refractivity contribution is 5.85. The molecular formula is C17H30N2O. The molecule has 1 amide bonds. The molecule has 0 atom stereocenters. The molecule has 0 aromatic rings. The molecule has 1 N–H and O–H groups in total. The van der Waals surface area contributed by atoms with Gasteiger partial charge in [-0.15, -0.1) is 0 Å². The molecule has 1 saturated carbocycles. The van der Waals surface area contributed by atoms with Crippen molar-refractivity contribution in [2.75, 3.05) is 6.54 Å². The van der Waals surface area contributed by atoms with Gasteiger partial charge in [0.05, 0.1) is 6.07 Å². The van der Waals surface area contributed by atoms with Crippen LogP contribution in [0.3, 0.4) is 0 Å². The van der Waals surface area contributed by atoms with Gasteiger partial charge in [-0.1, -0.05) is 53.4 Å². The molecule has 0 aromatic heterocycles. The minimum Gasteiger partial charge on any atom is -0.354 e. The summed E-state index contributed by atoms with van der Waals surface area (Å²) in [6.07, 6.45) is 5.75. The lowest BCUT2D eigenvalue weighted by molar-refractivity contribution is -0.129. The smallest absolute Gasteiger partial charge is 0.240 e. The summed E-state index contributed by atoms with van der Waals surface area (Å²) in [5.74, 6) is 1.53. The van der Waals surface area contributed by atoms with Crippen molar-refractivity contribution in [2.45, 2.75) is 66.2 Å². The van der Waals surface area contributed by atoms with E-state index in [1.807, 2.05) is 0 Å². The normalized spacial score (nSPS) is 18.9. The van der Waals surface area contributed by atoms with Gasteiger partial charge in [0.2, 0.25) is 5.91 Å². The second-order valence-electron chi connectivity index (χ2n) is 6.97. The summed E-state index contributed by atoms with van der Waals surface area (Å²) < 4.78 is 0. The van der Waals surface area contributed by atoms with E-state index in [1.54, 1.807) is 0 Å². The number of carbonyl (C=O) groups is 1. The van der Waals surface area contributed by atoms with Crippen LogP contribution in [0.1, 0.15) is 66.2 Å². The second kappa shape index (κ2) is 7.67. The van der Waals surface area contributed by atoms with Gasteiger partial charge in [0, 0.05) is 6.54 Å². The topological polar surface area (TPSA) is 52.9 Å². The lowest BCUT2D eigenvalue weighted by Crippen LogP contribution is -2.43. The quantitative estimate of drug-likeness (QED) is 0.775. The molecule has 1 fully saturated rings. The Morgan fingerprint density at radius 1 is 1.10 bits per heavy atom. The van der Waals surface area contributed by atoms with Crippen LogP contribution in [0.15, 0.2) is 0 Å². The number of rotatable bonds is 5. The van der Waals surface area contributed by atoms with Gasteiger partial charge in [-0.25, -0.2) is 0 Å². The molecule has 0 unspecified atom stereocenters. The number of hydrogen-bond donors (Lipinski definition) is 1. The molecule has 0 saturated heterocycles. The Kier molecular flexibility index (Phi) is 6.52. The fourth-order valence-electron chi connectivity index (χ4n) is 3.34. The van der Waals surface area contributed by atoms with Crippen LogP contribution in [-0.2, 0) is 4.79 Å². The third-order valence-electron chi connectivity index (χ3n) is 4.82. The fourth-order valence-corrected chi connectivity index (χ4v) is 3.34. The molecule has 0 heterocycles. The number of amides is 1. The summed E-state index contributed by atoms with van der Waals surface area (Å²) in [6, 6.07) is 2.33. The van der Waals surface area contributed by atoms with Gasteiger partial charge >= 0.3 is 0 Å². The number of nitrogens with zero attached hydrogens (tertiary/aromatic N) is 1. The molecule has 1 rings (SSSR count). The van der Waals surface area contributed by atoms with Gasteiger partial charge in [0.25, 0.3) is 0 Å². The average molecular weight is 278 g/mol. The van der Waals surface area contributed by atoms with E-state index in [2.05, 4.69) is 39.1 Å². The van der Waals surface area contributed by atoms with Crippen LogP contribution < -0.4 is 5.32 Å². The van der Waals surface area contributed by atoms with E-state index in [-0.39, 0.29) is 5.91 Å². The molecule has 20 heavy (non-hydrogen) atoms. The summed E-state index contributed by atoms with van der Waals surface area (Å²) >= 11 is 0. The molecule has 3 nitrogen and oxygen atoms in total. The largest absolute Gasteiger partial charge is 0.354 e. The maximum atomic E-state index is 12.5. The molecule has 0 aromatic carbocycles. The van der Waals surface area contributed by atoms with Crippen molar-refractivity contribution in [1.82, 2.24) is 5.32 Å². The average Bonchev–Trinajstić information content (AvgIpc) is 2.64. The third kappa shape index (κ3) is 4.23. The van der Waals surface area contributed by atoms with E-state index in [1.165, 1.54) is 0 Å². The molecule has 0 spiro atoms.